The van der Waals surface area contributed by atoms with E-state index in [0.29, 0.717) is 19.2 Å². The van der Waals surface area contributed by atoms with Crippen LogP contribution in [0.3, 0.4) is 0 Å². The Labute approximate surface area is 105 Å². The van der Waals surface area contributed by atoms with Gasteiger partial charge in [-0.25, -0.2) is 0 Å². The number of nitrogens with zero attached hydrogens (tertiary/aromatic N) is 1. The number of rotatable bonds is 7. The second-order valence-electron chi connectivity index (χ2n) is 4.92. The van der Waals surface area contributed by atoms with Crippen LogP contribution in [-0.2, 0) is 9.53 Å². The number of likely N-dealkylation sites (N-methyl/N-ethyl adjacent to an activating group) is 1. The molecule has 17 heavy (non-hydrogen) atoms. The van der Waals surface area contributed by atoms with Crippen LogP contribution >= 0.6 is 0 Å². The molecule has 0 bridgehead atoms. The minimum atomic E-state index is -0.100. The molecule has 0 spiro atoms. The number of carbonyl (C=O) groups excluding carboxylic acids is 1. The molecular formula is C13H26N2O2. The van der Waals surface area contributed by atoms with Gasteiger partial charge in [0.15, 0.2) is 0 Å². The molecule has 1 saturated heterocycles. The van der Waals surface area contributed by atoms with Crippen molar-refractivity contribution >= 4 is 5.97 Å². The first-order valence-corrected chi connectivity index (χ1v) is 6.80. The average molecular weight is 242 g/mol. The summed E-state index contributed by atoms with van der Waals surface area (Å²) in [6, 6.07) is 0.539. The first kappa shape index (κ1) is 14.5. The molecule has 4 nitrogen and oxygen atoms in total. The lowest BCUT2D eigenvalue weighted by atomic mass is 10.0. The lowest BCUT2D eigenvalue weighted by Crippen LogP contribution is -2.43. The van der Waals surface area contributed by atoms with Gasteiger partial charge in [-0.1, -0.05) is 19.8 Å². The van der Waals surface area contributed by atoms with Crippen molar-refractivity contribution in [1.29, 1.82) is 0 Å². The maximum atomic E-state index is 11.5. The maximum Gasteiger partial charge on any atom is 0.320 e. The van der Waals surface area contributed by atoms with Gasteiger partial charge in [0.25, 0.3) is 0 Å². The molecule has 1 atom stereocenters. The Morgan fingerprint density at radius 1 is 1.47 bits per heavy atom. The topological polar surface area (TPSA) is 41.6 Å². The van der Waals surface area contributed by atoms with Crippen molar-refractivity contribution in [2.24, 2.45) is 0 Å². The normalized spacial score (nSPS) is 20.5. The highest BCUT2D eigenvalue weighted by Crippen LogP contribution is 2.07. The van der Waals surface area contributed by atoms with Crippen LogP contribution in [0.2, 0.25) is 0 Å². The van der Waals surface area contributed by atoms with Crippen LogP contribution in [0.1, 0.15) is 39.0 Å². The Hall–Kier alpha value is -0.610. The van der Waals surface area contributed by atoms with E-state index in [-0.39, 0.29) is 5.97 Å². The summed E-state index contributed by atoms with van der Waals surface area (Å²) in [5, 5.41) is 3.48. The highest BCUT2D eigenvalue weighted by molar-refractivity contribution is 5.71. The molecule has 1 fully saturated rings. The number of ether oxygens (including phenoxy) is 1. The van der Waals surface area contributed by atoms with E-state index in [4.69, 9.17) is 4.74 Å². The van der Waals surface area contributed by atoms with E-state index >= 15 is 0 Å². The third-order valence-electron chi connectivity index (χ3n) is 3.10. The number of esters is 1. The summed E-state index contributed by atoms with van der Waals surface area (Å²) in [5.41, 5.74) is 0. The van der Waals surface area contributed by atoms with Crippen LogP contribution in [0.15, 0.2) is 0 Å². The predicted molar refractivity (Wildman–Crippen MR) is 69.0 cm³/mol. The zero-order valence-corrected chi connectivity index (χ0v) is 11.2. The lowest BCUT2D eigenvalue weighted by Gasteiger charge is -2.27. The Morgan fingerprint density at radius 2 is 2.29 bits per heavy atom. The van der Waals surface area contributed by atoms with Crippen molar-refractivity contribution < 1.29 is 9.53 Å². The molecule has 0 aromatic rings. The molecule has 0 amide bonds. The molecule has 1 N–H and O–H groups in total. The molecular weight excluding hydrogens is 216 g/mol. The summed E-state index contributed by atoms with van der Waals surface area (Å²) in [5.74, 6) is -0.100. The predicted octanol–water partition coefficient (Wildman–Crippen LogP) is 1.40. The molecule has 0 radical (unpaired) electrons. The number of unbranched alkanes of at least 4 members (excludes halogenated alkanes) is 1. The number of hydrogen-bond donors (Lipinski definition) is 1. The largest absolute Gasteiger partial charge is 0.465 e. The monoisotopic (exact) mass is 242 g/mol. The first-order valence-electron chi connectivity index (χ1n) is 6.80. The van der Waals surface area contributed by atoms with Crippen LogP contribution in [0.4, 0.5) is 0 Å². The van der Waals surface area contributed by atoms with E-state index in [0.717, 1.165) is 25.9 Å². The Balaban J connectivity index is 2.10. The number of nitrogens with one attached hydrogen (secondary N) is 1. The molecule has 0 aromatic carbocycles. The van der Waals surface area contributed by atoms with Crippen LogP contribution in [0.5, 0.6) is 0 Å². The average Bonchev–Trinajstić information content (AvgIpc) is 2.30. The molecule has 1 aliphatic heterocycles. The van der Waals surface area contributed by atoms with E-state index in [2.05, 4.69) is 17.1 Å². The van der Waals surface area contributed by atoms with Gasteiger partial charge in [-0.05, 0) is 32.9 Å². The van der Waals surface area contributed by atoms with Gasteiger partial charge < -0.3 is 10.1 Å². The van der Waals surface area contributed by atoms with Crippen molar-refractivity contribution in [1.82, 2.24) is 10.2 Å². The van der Waals surface area contributed by atoms with Gasteiger partial charge >= 0.3 is 5.97 Å². The summed E-state index contributed by atoms with van der Waals surface area (Å²) < 4.78 is 5.14. The lowest BCUT2D eigenvalue weighted by molar-refractivity contribution is -0.144. The first-order chi connectivity index (χ1) is 8.22. The number of carbonyl (C=O) groups is 1. The van der Waals surface area contributed by atoms with E-state index < -0.39 is 0 Å². The van der Waals surface area contributed by atoms with Crippen LogP contribution in [0.25, 0.3) is 0 Å². The van der Waals surface area contributed by atoms with Gasteiger partial charge in [0.2, 0.25) is 0 Å². The molecule has 0 saturated carbocycles. The molecule has 0 aromatic heterocycles. The third-order valence-corrected chi connectivity index (χ3v) is 3.10. The number of piperidine rings is 1. The van der Waals surface area contributed by atoms with Crippen molar-refractivity contribution in [3.8, 4) is 0 Å². The zero-order chi connectivity index (χ0) is 12.5. The third kappa shape index (κ3) is 6.64. The van der Waals surface area contributed by atoms with E-state index in [1.54, 1.807) is 0 Å². The molecule has 1 rings (SSSR count). The number of hydrogen-bond acceptors (Lipinski definition) is 4. The molecule has 1 unspecified atom stereocenters. The summed E-state index contributed by atoms with van der Waals surface area (Å²) in [6.45, 7) is 5.10. The van der Waals surface area contributed by atoms with Crippen molar-refractivity contribution in [3.63, 3.8) is 0 Å². The van der Waals surface area contributed by atoms with E-state index in [9.17, 15) is 4.79 Å². The van der Waals surface area contributed by atoms with Gasteiger partial charge in [-0.3, -0.25) is 9.69 Å². The quantitative estimate of drug-likeness (QED) is 0.541. The fourth-order valence-corrected chi connectivity index (χ4v) is 2.12. The van der Waals surface area contributed by atoms with E-state index in [1.807, 2.05) is 7.05 Å². The van der Waals surface area contributed by atoms with Crippen molar-refractivity contribution in [2.45, 2.75) is 45.1 Å². The fraction of sp³-hybridized carbons (Fsp3) is 0.923. The smallest absolute Gasteiger partial charge is 0.320 e. The molecule has 1 aliphatic rings. The van der Waals surface area contributed by atoms with E-state index in [1.165, 1.54) is 19.3 Å². The standard InChI is InChI=1S/C13H26N2O2/c1-3-4-9-17-13(16)11-15(2)10-12-7-5-6-8-14-12/h12,14H,3-11H2,1-2H3. The summed E-state index contributed by atoms with van der Waals surface area (Å²) >= 11 is 0. The van der Waals surface area contributed by atoms with Gasteiger partial charge in [-0.15, -0.1) is 0 Å². The summed E-state index contributed by atoms with van der Waals surface area (Å²) in [7, 11) is 1.98. The van der Waals surface area contributed by atoms with Gasteiger partial charge in [0, 0.05) is 12.6 Å². The second kappa shape index (κ2) is 8.48. The Bertz CT molecular complexity index is 215. The fourth-order valence-electron chi connectivity index (χ4n) is 2.12. The second-order valence-corrected chi connectivity index (χ2v) is 4.92. The maximum absolute atomic E-state index is 11.5. The van der Waals surface area contributed by atoms with Crippen molar-refractivity contribution in [3.05, 3.63) is 0 Å². The Morgan fingerprint density at radius 3 is 2.94 bits per heavy atom. The zero-order valence-electron chi connectivity index (χ0n) is 11.2. The SMILES string of the molecule is CCCCOC(=O)CN(C)CC1CCCCN1. The van der Waals surface area contributed by atoms with Crippen LogP contribution < -0.4 is 5.32 Å². The van der Waals surface area contributed by atoms with Crippen LogP contribution in [-0.4, -0.2) is 50.2 Å². The minimum absolute atomic E-state index is 0.100. The molecule has 100 valence electrons. The molecule has 1 heterocycles. The highest BCUT2D eigenvalue weighted by Gasteiger charge is 2.16. The molecule has 4 heteroatoms. The Kier molecular flexibility index (Phi) is 7.21. The summed E-state index contributed by atoms with van der Waals surface area (Å²) in [6.07, 6.45) is 5.82. The summed E-state index contributed by atoms with van der Waals surface area (Å²) in [4.78, 5) is 13.5. The minimum Gasteiger partial charge on any atom is -0.465 e. The van der Waals surface area contributed by atoms with Gasteiger partial charge in [0.1, 0.15) is 0 Å². The van der Waals surface area contributed by atoms with Gasteiger partial charge in [-0.2, -0.15) is 0 Å². The highest BCUT2D eigenvalue weighted by atomic mass is 16.5. The molecule has 0 aliphatic carbocycles. The van der Waals surface area contributed by atoms with Gasteiger partial charge in [0.05, 0.1) is 13.2 Å². The van der Waals surface area contributed by atoms with Crippen LogP contribution in [0, 0.1) is 0 Å². The van der Waals surface area contributed by atoms with Crippen molar-refractivity contribution in [2.75, 3.05) is 33.3 Å².